The first-order valence-electron chi connectivity index (χ1n) is 9.14. The van der Waals surface area contributed by atoms with Crippen LogP contribution >= 0.6 is 0 Å². The quantitative estimate of drug-likeness (QED) is 0.425. The van der Waals surface area contributed by atoms with E-state index in [1.54, 1.807) is 43.3 Å². The average Bonchev–Trinajstić information content (AvgIpc) is 2.97. The molecule has 5 aliphatic rings. The van der Waals surface area contributed by atoms with Crippen LogP contribution in [0, 0.1) is 17.8 Å². The lowest BCUT2D eigenvalue weighted by Crippen LogP contribution is -2.67. The summed E-state index contributed by atoms with van der Waals surface area (Å²) in [5, 5.41) is 3.83. The molecule has 8 nitrogen and oxygen atoms in total. The van der Waals surface area contributed by atoms with Gasteiger partial charge in [0.2, 0.25) is 23.2 Å². The van der Waals surface area contributed by atoms with Gasteiger partial charge in [0, 0.05) is 17.6 Å². The van der Waals surface area contributed by atoms with Crippen LogP contribution in [-0.4, -0.2) is 42.0 Å². The minimum absolute atomic E-state index is 0.0175. The Hall–Kier alpha value is -3.55. The molecule has 4 atom stereocenters. The molecule has 0 N–H and O–H groups in total. The molecule has 0 aromatic heterocycles. The molecule has 2 bridgehead atoms. The van der Waals surface area contributed by atoms with E-state index in [1.807, 2.05) is 0 Å². The number of nitrogens with zero attached hydrogens (tertiary/aromatic N) is 2. The molecule has 6 rings (SSSR count). The maximum absolute atomic E-state index is 13.5. The number of Topliss-reactive ketones (excluding diaryl/α,β-unsaturated/α-hetero) is 1. The van der Waals surface area contributed by atoms with Crippen LogP contribution in [0.25, 0.3) is 0 Å². The number of hydrogen-bond donors (Lipinski definition) is 0. The zero-order chi connectivity index (χ0) is 20.5. The van der Waals surface area contributed by atoms with E-state index in [0.717, 1.165) is 4.90 Å². The van der Waals surface area contributed by atoms with Crippen LogP contribution in [0.1, 0.15) is 6.92 Å². The third-order valence-electron chi connectivity index (χ3n) is 6.03. The Morgan fingerprint density at radius 1 is 1.10 bits per heavy atom. The van der Waals surface area contributed by atoms with Gasteiger partial charge in [0.05, 0.1) is 11.6 Å². The Balaban J connectivity index is 1.76. The van der Waals surface area contributed by atoms with E-state index in [0.29, 0.717) is 16.8 Å². The second-order valence-electron chi connectivity index (χ2n) is 7.43. The number of fused-ring (bicyclic) bond motifs is 1. The number of allylic oxidation sites excluding steroid dienone is 1. The van der Waals surface area contributed by atoms with Crippen molar-refractivity contribution in [2.24, 2.45) is 22.9 Å². The van der Waals surface area contributed by atoms with Crippen LogP contribution in [0.15, 0.2) is 58.8 Å². The molecule has 0 radical (unpaired) electrons. The van der Waals surface area contributed by atoms with Crippen LogP contribution in [0.5, 0.6) is 0 Å². The van der Waals surface area contributed by atoms with Crippen molar-refractivity contribution < 1.29 is 28.8 Å². The molecule has 2 amide bonds. The monoisotopic (exact) mass is 392 g/mol. The van der Waals surface area contributed by atoms with Gasteiger partial charge in [0.15, 0.2) is 0 Å². The molecule has 146 valence electrons. The normalized spacial score (nSPS) is 33.9. The Morgan fingerprint density at radius 3 is 2.52 bits per heavy atom. The summed E-state index contributed by atoms with van der Waals surface area (Å²) in [5.41, 5.74) is -0.534. The molecule has 29 heavy (non-hydrogen) atoms. The molecular formula is C21H16N2O6. The lowest BCUT2D eigenvalue weighted by Gasteiger charge is -2.50. The Kier molecular flexibility index (Phi) is 3.46. The number of anilines is 1. The number of amides is 2. The molecule has 3 aliphatic carbocycles. The summed E-state index contributed by atoms with van der Waals surface area (Å²) in [7, 11) is 1.29. The van der Waals surface area contributed by atoms with E-state index in [9.17, 15) is 19.2 Å². The summed E-state index contributed by atoms with van der Waals surface area (Å²) in [4.78, 5) is 58.4. The summed E-state index contributed by atoms with van der Waals surface area (Å²) >= 11 is 0. The number of para-hydroxylation sites is 1. The summed E-state index contributed by atoms with van der Waals surface area (Å²) in [5.74, 6) is -5.15. The highest BCUT2D eigenvalue weighted by atomic mass is 16.6. The zero-order valence-electron chi connectivity index (χ0n) is 15.6. The fourth-order valence-corrected chi connectivity index (χ4v) is 4.97. The van der Waals surface area contributed by atoms with Gasteiger partial charge >= 0.3 is 5.97 Å². The second kappa shape index (κ2) is 5.73. The zero-order valence-corrected chi connectivity index (χ0v) is 15.6. The molecule has 1 spiro atoms. The van der Waals surface area contributed by atoms with Gasteiger partial charge in [-0.3, -0.25) is 14.4 Å². The van der Waals surface area contributed by atoms with Crippen LogP contribution < -0.4 is 4.90 Å². The van der Waals surface area contributed by atoms with Gasteiger partial charge in [-0.25, -0.2) is 9.69 Å². The molecule has 2 aliphatic heterocycles. The first kappa shape index (κ1) is 17.5. The Bertz CT molecular complexity index is 1090. The highest BCUT2D eigenvalue weighted by molar-refractivity contribution is 6.49. The van der Waals surface area contributed by atoms with Gasteiger partial charge in [-0.15, -0.1) is 0 Å². The van der Waals surface area contributed by atoms with Crippen LogP contribution in [0.2, 0.25) is 0 Å². The SMILES string of the molecule is CO/N=C1/C(=O)[C@@]23OC(=O)C=C(C)C2=C[C@@H]1[C@@H]1C(=O)N(c2ccccc2)C(=O)[C@@H]13. The Morgan fingerprint density at radius 2 is 1.83 bits per heavy atom. The summed E-state index contributed by atoms with van der Waals surface area (Å²) < 4.78 is 5.57. The highest BCUT2D eigenvalue weighted by Gasteiger charge is 2.74. The molecule has 2 fully saturated rings. The van der Waals surface area contributed by atoms with E-state index in [1.165, 1.54) is 13.2 Å². The molecular weight excluding hydrogens is 376 g/mol. The van der Waals surface area contributed by atoms with Crippen molar-refractivity contribution >= 4 is 35.0 Å². The lowest BCUT2D eigenvalue weighted by atomic mass is 9.54. The average molecular weight is 392 g/mol. The van der Waals surface area contributed by atoms with Crippen LogP contribution in [-0.2, 0) is 28.8 Å². The number of rotatable bonds is 2. The van der Waals surface area contributed by atoms with Crippen molar-refractivity contribution in [1.29, 1.82) is 0 Å². The first-order valence-corrected chi connectivity index (χ1v) is 9.14. The largest absolute Gasteiger partial charge is 0.442 e. The predicted octanol–water partition coefficient (Wildman–Crippen LogP) is 1.18. The van der Waals surface area contributed by atoms with Gasteiger partial charge in [-0.2, -0.15) is 0 Å². The molecule has 1 aromatic carbocycles. The standard InChI is InChI=1S/C21H16N2O6/c1-10-8-14(24)29-21-13(10)9-12(17(18(21)25)22-28-2)15-16(21)20(27)23(19(15)26)11-6-4-3-5-7-11/h3-9,12,15-16H,1-2H3/b22-17+/t12-,15+,16-,21-/m1/s1. The van der Waals surface area contributed by atoms with Gasteiger partial charge in [0.25, 0.3) is 0 Å². The summed E-state index contributed by atoms with van der Waals surface area (Å²) in [6.07, 6.45) is 2.99. The van der Waals surface area contributed by atoms with Gasteiger partial charge in [0.1, 0.15) is 18.7 Å². The van der Waals surface area contributed by atoms with E-state index < -0.39 is 46.9 Å². The van der Waals surface area contributed by atoms with Crippen molar-refractivity contribution in [3.05, 3.63) is 53.6 Å². The van der Waals surface area contributed by atoms with Crippen molar-refractivity contribution in [3.8, 4) is 0 Å². The number of oxime groups is 1. The number of carbonyl (C=O) groups is 4. The number of benzene rings is 1. The Labute approximate surface area is 165 Å². The van der Waals surface area contributed by atoms with E-state index >= 15 is 0 Å². The van der Waals surface area contributed by atoms with Crippen molar-refractivity contribution in [1.82, 2.24) is 0 Å². The van der Waals surface area contributed by atoms with Crippen molar-refractivity contribution in [2.75, 3.05) is 12.0 Å². The summed E-state index contributed by atoms with van der Waals surface area (Å²) in [6, 6.07) is 8.49. The van der Waals surface area contributed by atoms with E-state index in [4.69, 9.17) is 9.57 Å². The number of imide groups is 1. The van der Waals surface area contributed by atoms with Gasteiger partial charge < -0.3 is 9.57 Å². The fourth-order valence-electron chi connectivity index (χ4n) is 4.97. The second-order valence-corrected chi connectivity index (χ2v) is 7.43. The van der Waals surface area contributed by atoms with E-state index in [-0.39, 0.29) is 5.71 Å². The van der Waals surface area contributed by atoms with Gasteiger partial charge in [-0.1, -0.05) is 29.4 Å². The molecule has 1 saturated carbocycles. The highest BCUT2D eigenvalue weighted by Crippen LogP contribution is 2.57. The van der Waals surface area contributed by atoms with Gasteiger partial charge in [-0.05, 0) is 24.6 Å². The number of ether oxygens (including phenoxy) is 1. The fraction of sp³-hybridized carbons (Fsp3) is 0.286. The van der Waals surface area contributed by atoms with Crippen molar-refractivity contribution in [2.45, 2.75) is 12.5 Å². The van der Waals surface area contributed by atoms with Crippen LogP contribution in [0.4, 0.5) is 5.69 Å². The first-order chi connectivity index (χ1) is 13.9. The molecule has 2 heterocycles. The third-order valence-corrected chi connectivity index (χ3v) is 6.03. The molecule has 1 aromatic rings. The van der Waals surface area contributed by atoms with Crippen molar-refractivity contribution in [3.63, 3.8) is 0 Å². The molecule has 1 saturated heterocycles. The van der Waals surface area contributed by atoms with Crippen LogP contribution in [0.3, 0.4) is 0 Å². The minimum atomic E-state index is -1.90. The number of esters is 1. The number of hydrogen-bond acceptors (Lipinski definition) is 7. The number of ketones is 1. The number of carbonyl (C=O) groups excluding carboxylic acids is 4. The topological polar surface area (TPSA) is 102 Å². The summed E-state index contributed by atoms with van der Waals surface area (Å²) in [6.45, 7) is 1.68. The maximum Gasteiger partial charge on any atom is 0.332 e. The predicted molar refractivity (Wildman–Crippen MR) is 99.5 cm³/mol. The smallest absolute Gasteiger partial charge is 0.332 e. The minimum Gasteiger partial charge on any atom is -0.442 e. The molecule has 0 unspecified atom stereocenters. The molecule has 8 heteroatoms. The lowest BCUT2D eigenvalue weighted by molar-refractivity contribution is -0.170. The third kappa shape index (κ3) is 2.00. The van der Waals surface area contributed by atoms with E-state index in [2.05, 4.69) is 5.16 Å². The maximum atomic E-state index is 13.5.